The molecule has 0 saturated carbocycles. The lowest BCUT2D eigenvalue weighted by molar-refractivity contribution is 0.0699. The number of nitrogens with zero attached hydrogens (tertiary/aromatic N) is 2. The van der Waals surface area contributed by atoms with Crippen LogP contribution < -0.4 is 10.1 Å². The van der Waals surface area contributed by atoms with Crippen molar-refractivity contribution >= 4 is 28.6 Å². The van der Waals surface area contributed by atoms with Crippen LogP contribution in [0.4, 0.5) is 10.6 Å². The average molecular weight is 379 g/mol. The summed E-state index contributed by atoms with van der Waals surface area (Å²) in [4.78, 5) is 29.3. The molecule has 1 heterocycles. The molecule has 0 aliphatic carbocycles. The highest BCUT2D eigenvalue weighted by atomic mass is 16.5. The second kappa shape index (κ2) is 8.39. The van der Waals surface area contributed by atoms with E-state index in [9.17, 15) is 14.7 Å². The fourth-order valence-electron chi connectivity index (χ4n) is 2.89. The first-order valence-corrected chi connectivity index (χ1v) is 8.97. The number of hydrogen-bond donors (Lipinski definition) is 2. The summed E-state index contributed by atoms with van der Waals surface area (Å²) >= 11 is 0. The highest BCUT2D eigenvalue weighted by Crippen LogP contribution is 2.28. The van der Waals surface area contributed by atoms with Crippen LogP contribution in [0, 0.1) is 0 Å². The van der Waals surface area contributed by atoms with Gasteiger partial charge in [0.05, 0.1) is 5.56 Å². The van der Waals surface area contributed by atoms with E-state index < -0.39 is 5.97 Å². The zero-order valence-corrected chi connectivity index (χ0v) is 15.7. The molecule has 0 spiro atoms. The van der Waals surface area contributed by atoms with E-state index in [0.717, 1.165) is 5.39 Å². The fraction of sp³-hybridized carbons (Fsp3) is 0.190. The van der Waals surface area contributed by atoms with Crippen molar-refractivity contribution < 1.29 is 19.4 Å². The minimum atomic E-state index is -0.970. The number of aromatic carboxylic acids is 1. The number of amides is 2. The smallest absolute Gasteiger partial charge is 0.336 e. The van der Waals surface area contributed by atoms with E-state index in [1.807, 2.05) is 19.9 Å². The molecule has 2 aromatic carbocycles. The molecular weight excluding hydrogens is 358 g/mol. The molecule has 0 aliphatic rings. The highest BCUT2D eigenvalue weighted by molar-refractivity contribution is 6.03. The number of rotatable bonds is 6. The van der Waals surface area contributed by atoms with Crippen LogP contribution in [-0.2, 0) is 0 Å². The average Bonchev–Trinajstić information content (AvgIpc) is 2.68. The van der Waals surface area contributed by atoms with Gasteiger partial charge < -0.3 is 14.7 Å². The van der Waals surface area contributed by atoms with Crippen LogP contribution in [0.25, 0.3) is 10.8 Å². The molecule has 0 radical (unpaired) electrons. The Labute approximate surface area is 162 Å². The largest absolute Gasteiger partial charge is 0.478 e. The molecule has 28 heavy (non-hydrogen) atoms. The standard InChI is InChI=1S/C21H21N3O4/c1-3-24(4-2)21(27)23-19-13-16(10-11-22-19)28-15-8-9-17-14(12-15)6-5-7-18(17)20(25)26/h5-13H,3-4H2,1-2H3,(H,25,26)(H,22,23,27). The van der Waals surface area contributed by atoms with E-state index in [-0.39, 0.29) is 11.6 Å². The summed E-state index contributed by atoms with van der Waals surface area (Å²) < 4.78 is 5.87. The van der Waals surface area contributed by atoms with Gasteiger partial charge in [-0.15, -0.1) is 0 Å². The molecular formula is C21H21N3O4. The Kier molecular flexibility index (Phi) is 5.74. The van der Waals surface area contributed by atoms with Gasteiger partial charge in [0.2, 0.25) is 0 Å². The summed E-state index contributed by atoms with van der Waals surface area (Å²) in [5, 5.41) is 13.4. The third-order valence-corrected chi connectivity index (χ3v) is 4.34. The van der Waals surface area contributed by atoms with Crippen molar-refractivity contribution in [2.45, 2.75) is 13.8 Å². The molecule has 3 rings (SSSR count). The van der Waals surface area contributed by atoms with Crippen molar-refractivity contribution in [2.24, 2.45) is 0 Å². The van der Waals surface area contributed by atoms with Crippen LogP contribution in [0.3, 0.4) is 0 Å². The molecule has 0 atom stereocenters. The van der Waals surface area contributed by atoms with Gasteiger partial charge in [-0.2, -0.15) is 0 Å². The molecule has 0 fully saturated rings. The molecule has 2 N–H and O–H groups in total. The Bertz CT molecular complexity index is 1020. The summed E-state index contributed by atoms with van der Waals surface area (Å²) in [5.74, 6) is 0.492. The van der Waals surface area contributed by atoms with Crippen LogP contribution in [0.2, 0.25) is 0 Å². The lowest BCUT2D eigenvalue weighted by atomic mass is 10.0. The summed E-state index contributed by atoms with van der Waals surface area (Å²) in [6, 6.07) is 13.4. The van der Waals surface area contributed by atoms with Crippen LogP contribution in [0.1, 0.15) is 24.2 Å². The van der Waals surface area contributed by atoms with Gasteiger partial charge in [0.1, 0.15) is 17.3 Å². The Hall–Kier alpha value is -3.61. The molecule has 7 nitrogen and oxygen atoms in total. The highest BCUT2D eigenvalue weighted by Gasteiger charge is 2.11. The Balaban J connectivity index is 1.80. The number of carboxylic acid groups (broad SMARTS) is 1. The number of urea groups is 1. The van der Waals surface area contributed by atoms with Crippen molar-refractivity contribution in [1.29, 1.82) is 0 Å². The first kappa shape index (κ1) is 19.2. The van der Waals surface area contributed by atoms with Gasteiger partial charge in [-0.25, -0.2) is 14.6 Å². The van der Waals surface area contributed by atoms with Gasteiger partial charge in [-0.3, -0.25) is 5.32 Å². The van der Waals surface area contributed by atoms with E-state index in [1.165, 1.54) is 0 Å². The van der Waals surface area contributed by atoms with Crippen molar-refractivity contribution in [2.75, 3.05) is 18.4 Å². The Morgan fingerprint density at radius 2 is 1.82 bits per heavy atom. The van der Waals surface area contributed by atoms with E-state index >= 15 is 0 Å². The molecule has 2 amide bonds. The first-order chi connectivity index (χ1) is 13.5. The van der Waals surface area contributed by atoms with Gasteiger partial charge >= 0.3 is 12.0 Å². The molecule has 0 aliphatic heterocycles. The second-order valence-corrected chi connectivity index (χ2v) is 6.07. The first-order valence-electron chi connectivity index (χ1n) is 8.97. The van der Waals surface area contributed by atoms with Crippen LogP contribution >= 0.6 is 0 Å². The molecule has 144 valence electrons. The summed E-state index contributed by atoms with van der Waals surface area (Å²) in [7, 11) is 0. The predicted octanol–water partition coefficient (Wildman–Crippen LogP) is 4.60. The molecule has 7 heteroatoms. The SMILES string of the molecule is CCN(CC)C(=O)Nc1cc(Oc2ccc3c(C(=O)O)cccc3c2)ccn1. The predicted molar refractivity (Wildman–Crippen MR) is 107 cm³/mol. The quantitative estimate of drug-likeness (QED) is 0.653. The Morgan fingerprint density at radius 3 is 2.54 bits per heavy atom. The number of pyridine rings is 1. The van der Waals surface area contributed by atoms with Gasteiger partial charge in [-0.05, 0) is 55.0 Å². The van der Waals surface area contributed by atoms with Crippen molar-refractivity contribution in [1.82, 2.24) is 9.88 Å². The van der Waals surface area contributed by atoms with E-state index in [0.29, 0.717) is 35.8 Å². The number of anilines is 1. The number of aromatic nitrogens is 1. The topological polar surface area (TPSA) is 91.8 Å². The lowest BCUT2D eigenvalue weighted by Crippen LogP contribution is -2.34. The van der Waals surface area contributed by atoms with Gasteiger partial charge in [0.25, 0.3) is 0 Å². The third kappa shape index (κ3) is 4.20. The molecule has 3 aromatic rings. The number of benzene rings is 2. The van der Waals surface area contributed by atoms with Crippen LogP contribution in [0.15, 0.2) is 54.7 Å². The van der Waals surface area contributed by atoms with Gasteiger partial charge in [0, 0.05) is 25.4 Å². The van der Waals surface area contributed by atoms with Crippen molar-refractivity contribution in [3.8, 4) is 11.5 Å². The normalized spacial score (nSPS) is 10.5. The number of carbonyl (C=O) groups is 2. The van der Waals surface area contributed by atoms with Crippen molar-refractivity contribution in [3.05, 3.63) is 60.3 Å². The minimum absolute atomic E-state index is 0.221. The zero-order valence-electron chi connectivity index (χ0n) is 15.7. The maximum atomic E-state index is 12.2. The summed E-state index contributed by atoms with van der Waals surface area (Å²) in [6.45, 7) is 5.03. The minimum Gasteiger partial charge on any atom is -0.478 e. The molecule has 1 aromatic heterocycles. The Morgan fingerprint density at radius 1 is 1.07 bits per heavy atom. The lowest BCUT2D eigenvalue weighted by Gasteiger charge is -2.19. The summed E-state index contributed by atoms with van der Waals surface area (Å²) in [6.07, 6.45) is 1.55. The van der Waals surface area contributed by atoms with Crippen LogP contribution in [0.5, 0.6) is 11.5 Å². The second-order valence-electron chi connectivity index (χ2n) is 6.07. The molecule has 0 saturated heterocycles. The third-order valence-electron chi connectivity index (χ3n) is 4.34. The number of hydrogen-bond acceptors (Lipinski definition) is 4. The molecule has 0 unspecified atom stereocenters. The van der Waals surface area contributed by atoms with Crippen LogP contribution in [-0.4, -0.2) is 40.1 Å². The van der Waals surface area contributed by atoms with Gasteiger partial charge in [-0.1, -0.05) is 12.1 Å². The number of carboxylic acids is 1. The zero-order chi connectivity index (χ0) is 20.1. The maximum absolute atomic E-state index is 12.2. The maximum Gasteiger partial charge on any atom is 0.336 e. The monoisotopic (exact) mass is 379 g/mol. The number of ether oxygens (including phenoxy) is 1. The van der Waals surface area contributed by atoms with Gasteiger partial charge in [0.15, 0.2) is 0 Å². The van der Waals surface area contributed by atoms with E-state index in [4.69, 9.17) is 4.74 Å². The number of fused-ring (bicyclic) bond motifs is 1. The fourth-order valence-corrected chi connectivity index (χ4v) is 2.89. The summed E-state index contributed by atoms with van der Waals surface area (Å²) in [5.41, 5.74) is 0.245. The van der Waals surface area contributed by atoms with E-state index in [2.05, 4.69) is 10.3 Å². The number of nitrogens with one attached hydrogen (secondary N) is 1. The molecule has 0 bridgehead atoms. The van der Waals surface area contributed by atoms with Crippen molar-refractivity contribution in [3.63, 3.8) is 0 Å². The van der Waals surface area contributed by atoms with E-state index in [1.54, 1.807) is 53.6 Å². The number of carbonyl (C=O) groups excluding carboxylic acids is 1.